The quantitative estimate of drug-likeness (QED) is 0.190. The molecule has 1 unspecified atom stereocenters. The van der Waals surface area contributed by atoms with Crippen molar-refractivity contribution in [1.82, 2.24) is 5.43 Å². The number of hydrogen-bond donors (Lipinski definition) is 3. The zero-order valence-electron chi connectivity index (χ0n) is 9.85. The molecule has 7 nitrogen and oxygen atoms in total. The molecule has 0 rings (SSSR count). The average Bonchev–Trinajstić information content (AvgIpc) is 2.10. The van der Waals surface area contributed by atoms with Crippen LogP contribution in [-0.4, -0.2) is 23.6 Å². The minimum Gasteiger partial charge on any atom is -0.365 e. The summed E-state index contributed by atoms with van der Waals surface area (Å²) in [6, 6.07) is 0.167. The molecule has 7 heteroatoms. The van der Waals surface area contributed by atoms with E-state index in [0.717, 1.165) is 19.3 Å². The third-order valence-corrected chi connectivity index (χ3v) is 2.00. The van der Waals surface area contributed by atoms with Gasteiger partial charge in [0.25, 0.3) is 5.96 Å². The van der Waals surface area contributed by atoms with Gasteiger partial charge in [0, 0.05) is 12.6 Å². The van der Waals surface area contributed by atoms with Gasteiger partial charge in [-0.3, -0.25) is 0 Å². The molecule has 0 aliphatic rings. The summed E-state index contributed by atoms with van der Waals surface area (Å²) in [4.78, 5) is 13.8. The SMILES string of the molecule is CC(C)CC(N)CCCN=C(N)N[N+](=O)[O-]. The minimum atomic E-state index is -0.733. The van der Waals surface area contributed by atoms with Crippen LogP contribution in [0.3, 0.4) is 0 Å². The van der Waals surface area contributed by atoms with Gasteiger partial charge in [0.1, 0.15) is 0 Å². The molecule has 0 aromatic carbocycles. The van der Waals surface area contributed by atoms with Crippen molar-refractivity contribution in [2.24, 2.45) is 22.4 Å². The summed E-state index contributed by atoms with van der Waals surface area (Å²) in [6.45, 7) is 4.70. The van der Waals surface area contributed by atoms with Crippen molar-refractivity contribution in [1.29, 1.82) is 0 Å². The van der Waals surface area contributed by atoms with Crippen molar-refractivity contribution < 1.29 is 5.03 Å². The Labute approximate surface area is 95.4 Å². The molecule has 0 amide bonds. The highest BCUT2D eigenvalue weighted by atomic mass is 16.7. The summed E-state index contributed by atoms with van der Waals surface area (Å²) in [5.41, 5.74) is 12.9. The molecule has 0 spiro atoms. The van der Waals surface area contributed by atoms with Gasteiger partial charge in [0.05, 0.1) is 0 Å². The zero-order chi connectivity index (χ0) is 12.6. The van der Waals surface area contributed by atoms with Crippen LogP contribution in [0.2, 0.25) is 0 Å². The van der Waals surface area contributed by atoms with E-state index in [1.54, 1.807) is 5.43 Å². The fourth-order valence-electron chi connectivity index (χ4n) is 1.41. The van der Waals surface area contributed by atoms with Crippen LogP contribution >= 0.6 is 0 Å². The summed E-state index contributed by atoms with van der Waals surface area (Å²) >= 11 is 0. The molecule has 0 radical (unpaired) electrons. The molecule has 0 aromatic heterocycles. The number of nitro groups is 1. The number of rotatable bonds is 7. The van der Waals surface area contributed by atoms with E-state index in [9.17, 15) is 10.1 Å². The van der Waals surface area contributed by atoms with Gasteiger partial charge in [-0.1, -0.05) is 19.3 Å². The molecule has 0 aliphatic carbocycles. The Morgan fingerprint density at radius 2 is 2.19 bits per heavy atom. The molecule has 1 atom stereocenters. The van der Waals surface area contributed by atoms with Crippen LogP contribution in [0.15, 0.2) is 4.99 Å². The number of nitrogens with one attached hydrogen (secondary N) is 1. The van der Waals surface area contributed by atoms with Crippen molar-refractivity contribution in [3.8, 4) is 0 Å². The van der Waals surface area contributed by atoms with Crippen LogP contribution in [0.25, 0.3) is 0 Å². The fourth-order valence-corrected chi connectivity index (χ4v) is 1.41. The lowest BCUT2D eigenvalue weighted by Crippen LogP contribution is -2.36. The zero-order valence-corrected chi connectivity index (χ0v) is 9.85. The van der Waals surface area contributed by atoms with E-state index in [-0.39, 0.29) is 12.0 Å². The number of aliphatic imine (C=N–C) groups is 1. The van der Waals surface area contributed by atoms with Crippen molar-refractivity contribution in [3.63, 3.8) is 0 Å². The summed E-state index contributed by atoms with van der Waals surface area (Å²) in [5, 5.41) is 9.25. The predicted octanol–water partition coefficient (Wildman–Crippen LogP) is 0.236. The Balaban J connectivity index is 3.62. The Hall–Kier alpha value is -1.37. The van der Waals surface area contributed by atoms with Gasteiger partial charge < -0.3 is 11.5 Å². The van der Waals surface area contributed by atoms with Crippen LogP contribution in [0.1, 0.15) is 33.1 Å². The lowest BCUT2D eigenvalue weighted by atomic mass is 10.0. The van der Waals surface area contributed by atoms with Gasteiger partial charge in [0.2, 0.25) is 0 Å². The first-order valence-corrected chi connectivity index (χ1v) is 5.38. The summed E-state index contributed by atoms with van der Waals surface area (Å²) < 4.78 is 0. The maximum atomic E-state index is 9.99. The number of hydrazine groups is 1. The Morgan fingerprint density at radius 3 is 2.69 bits per heavy atom. The molecule has 16 heavy (non-hydrogen) atoms. The average molecular weight is 231 g/mol. The van der Waals surface area contributed by atoms with E-state index < -0.39 is 5.03 Å². The highest BCUT2D eigenvalue weighted by Crippen LogP contribution is 2.07. The van der Waals surface area contributed by atoms with Crippen LogP contribution in [0.5, 0.6) is 0 Å². The summed E-state index contributed by atoms with van der Waals surface area (Å²) in [7, 11) is 0. The Bertz CT molecular complexity index is 242. The van der Waals surface area contributed by atoms with E-state index in [4.69, 9.17) is 11.5 Å². The standard InChI is InChI=1S/C9H21N5O2/c1-7(2)6-8(10)4-3-5-12-9(11)13-14(15)16/h7-8H,3-6,10H2,1-2H3,(H3,11,12,13). The molecule has 0 heterocycles. The van der Waals surface area contributed by atoms with Gasteiger partial charge in [-0.2, -0.15) is 0 Å². The second-order valence-corrected chi connectivity index (χ2v) is 4.17. The third kappa shape index (κ3) is 9.20. The second-order valence-electron chi connectivity index (χ2n) is 4.17. The molecule has 0 saturated carbocycles. The van der Waals surface area contributed by atoms with E-state index in [1.165, 1.54) is 0 Å². The van der Waals surface area contributed by atoms with Gasteiger partial charge in [-0.15, -0.1) is 0 Å². The monoisotopic (exact) mass is 231 g/mol. The number of nitrogens with zero attached hydrogens (tertiary/aromatic N) is 2. The fraction of sp³-hybridized carbons (Fsp3) is 0.889. The number of hydrogen-bond acceptors (Lipinski definition) is 4. The van der Waals surface area contributed by atoms with Gasteiger partial charge in [-0.05, 0) is 25.2 Å². The lowest BCUT2D eigenvalue weighted by Gasteiger charge is -2.12. The highest BCUT2D eigenvalue weighted by molar-refractivity contribution is 5.76. The maximum Gasteiger partial charge on any atom is 0.251 e. The molecule has 0 fully saturated rings. The van der Waals surface area contributed by atoms with Crippen molar-refractivity contribution in [2.45, 2.75) is 39.2 Å². The summed E-state index contributed by atoms with van der Waals surface area (Å²) in [5.74, 6) is 0.419. The molecular formula is C9H21N5O2. The predicted molar refractivity (Wildman–Crippen MR) is 63.3 cm³/mol. The van der Waals surface area contributed by atoms with Gasteiger partial charge in [-0.25, -0.2) is 15.1 Å². The van der Waals surface area contributed by atoms with E-state index in [2.05, 4.69) is 18.8 Å². The molecule has 5 N–H and O–H groups in total. The van der Waals surface area contributed by atoms with Crippen molar-refractivity contribution >= 4 is 5.96 Å². The van der Waals surface area contributed by atoms with Crippen molar-refractivity contribution in [2.75, 3.05) is 6.54 Å². The van der Waals surface area contributed by atoms with E-state index in [1.807, 2.05) is 0 Å². The van der Waals surface area contributed by atoms with Crippen molar-refractivity contribution in [3.05, 3.63) is 10.1 Å². The van der Waals surface area contributed by atoms with Gasteiger partial charge >= 0.3 is 0 Å². The first kappa shape index (κ1) is 14.6. The summed E-state index contributed by atoms with van der Waals surface area (Å²) in [6.07, 6.45) is 2.62. The largest absolute Gasteiger partial charge is 0.365 e. The first-order chi connectivity index (χ1) is 7.41. The lowest BCUT2D eigenvalue weighted by molar-refractivity contribution is -0.525. The molecule has 0 aromatic rings. The smallest absolute Gasteiger partial charge is 0.251 e. The molecule has 0 bridgehead atoms. The molecule has 94 valence electrons. The molecule has 0 aliphatic heterocycles. The van der Waals surface area contributed by atoms with E-state index in [0.29, 0.717) is 12.5 Å². The minimum absolute atomic E-state index is 0.164. The van der Waals surface area contributed by atoms with Crippen LogP contribution < -0.4 is 16.9 Å². The maximum absolute atomic E-state index is 9.99. The third-order valence-electron chi connectivity index (χ3n) is 2.00. The normalized spacial score (nSPS) is 13.9. The highest BCUT2D eigenvalue weighted by Gasteiger charge is 2.05. The second kappa shape index (κ2) is 7.86. The van der Waals surface area contributed by atoms with Crippen LogP contribution in [0, 0.1) is 16.0 Å². The Kier molecular flexibility index (Phi) is 7.19. The van der Waals surface area contributed by atoms with E-state index >= 15 is 0 Å². The molecular weight excluding hydrogens is 210 g/mol. The van der Waals surface area contributed by atoms with Crippen LogP contribution in [0.4, 0.5) is 0 Å². The first-order valence-electron chi connectivity index (χ1n) is 5.38. The number of guanidine groups is 1. The Morgan fingerprint density at radius 1 is 1.56 bits per heavy atom. The topological polar surface area (TPSA) is 120 Å². The number of nitrogens with two attached hydrogens (primary N) is 2. The molecule has 0 saturated heterocycles. The van der Waals surface area contributed by atoms with Gasteiger partial charge in [0.15, 0.2) is 5.03 Å². The van der Waals surface area contributed by atoms with Crippen LogP contribution in [-0.2, 0) is 0 Å².